The maximum absolute atomic E-state index is 5.90. The Bertz CT molecular complexity index is 331. The molecule has 1 aliphatic rings. The van der Waals surface area contributed by atoms with E-state index in [0.717, 1.165) is 24.7 Å². The van der Waals surface area contributed by atoms with Crippen LogP contribution in [0.4, 0.5) is 0 Å². The highest BCUT2D eigenvalue weighted by molar-refractivity contribution is 5.33. The van der Waals surface area contributed by atoms with E-state index >= 15 is 0 Å². The zero-order valence-electron chi connectivity index (χ0n) is 10.7. The van der Waals surface area contributed by atoms with Crippen LogP contribution in [-0.2, 0) is 6.42 Å². The Morgan fingerprint density at radius 3 is 3.00 bits per heavy atom. The highest BCUT2D eigenvalue weighted by Crippen LogP contribution is 2.20. The van der Waals surface area contributed by atoms with Crippen LogP contribution < -0.4 is 10.1 Å². The van der Waals surface area contributed by atoms with Crippen LogP contribution >= 0.6 is 0 Å². The second-order valence-electron chi connectivity index (χ2n) is 4.81. The molecule has 1 fully saturated rings. The van der Waals surface area contributed by atoms with Crippen molar-refractivity contribution < 1.29 is 4.74 Å². The van der Waals surface area contributed by atoms with E-state index in [1.807, 2.05) is 0 Å². The Kier molecular flexibility index (Phi) is 4.87. The smallest absolute Gasteiger partial charge is 0.122 e. The van der Waals surface area contributed by atoms with Crippen molar-refractivity contribution in [3.63, 3.8) is 0 Å². The van der Waals surface area contributed by atoms with Crippen LogP contribution in [0.15, 0.2) is 24.3 Å². The number of aryl methyl sites for hydroxylation is 1. The Morgan fingerprint density at radius 2 is 2.24 bits per heavy atom. The van der Waals surface area contributed by atoms with Crippen molar-refractivity contribution in [3.8, 4) is 5.75 Å². The van der Waals surface area contributed by atoms with Gasteiger partial charge in [0.2, 0.25) is 0 Å². The van der Waals surface area contributed by atoms with E-state index in [0.29, 0.717) is 0 Å². The van der Waals surface area contributed by atoms with E-state index in [9.17, 15) is 0 Å². The lowest BCUT2D eigenvalue weighted by atomic mass is 9.97. The minimum atomic E-state index is 0.803. The molecule has 0 aliphatic carbocycles. The van der Waals surface area contributed by atoms with Crippen molar-refractivity contribution in [1.29, 1.82) is 0 Å². The second kappa shape index (κ2) is 6.65. The predicted octanol–water partition coefficient (Wildman–Crippen LogP) is 3.02. The van der Waals surface area contributed by atoms with E-state index in [2.05, 4.69) is 36.5 Å². The number of benzene rings is 1. The predicted molar refractivity (Wildman–Crippen MR) is 71.5 cm³/mol. The molecule has 0 unspecified atom stereocenters. The van der Waals surface area contributed by atoms with Crippen LogP contribution in [0.1, 0.15) is 31.7 Å². The fraction of sp³-hybridized carbons (Fsp3) is 0.600. The van der Waals surface area contributed by atoms with Gasteiger partial charge in [0.15, 0.2) is 0 Å². The molecule has 0 spiro atoms. The highest BCUT2D eigenvalue weighted by Gasteiger charge is 2.12. The Hall–Kier alpha value is -1.02. The van der Waals surface area contributed by atoms with Crippen LogP contribution in [0.2, 0.25) is 0 Å². The molecule has 17 heavy (non-hydrogen) atoms. The normalized spacial score (nSPS) is 20.2. The fourth-order valence-electron chi connectivity index (χ4n) is 2.44. The van der Waals surface area contributed by atoms with Crippen molar-refractivity contribution in [2.24, 2.45) is 5.92 Å². The van der Waals surface area contributed by atoms with Gasteiger partial charge in [0.1, 0.15) is 5.75 Å². The van der Waals surface area contributed by atoms with Crippen molar-refractivity contribution in [3.05, 3.63) is 29.8 Å². The van der Waals surface area contributed by atoms with E-state index < -0.39 is 0 Å². The molecule has 0 amide bonds. The van der Waals surface area contributed by atoms with Crippen LogP contribution in [0.3, 0.4) is 0 Å². The van der Waals surface area contributed by atoms with E-state index in [4.69, 9.17) is 4.74 Å². The number of ether oxygens (including phenoxy) is 1. The molecule has 2 heteroatoms. The third-order valence-electron chi connectivity index (χ3n) is 3.54. The molecular weight excluding hydrogens is 210 g/mol. The monoisotopic (exact) mass is 233 g/mol. The lowest BCUT2D eigenvalue weighted by Crippen LogP contribution is -2.30. The second-order valence-corrected chi connectivity index (χ2v) is 4.81. The Morgan fingerprint density at radius 1 is 1.35 bits per heavy atom. The van der Waals surface area contributed by atoms with Gasteiger partial charge in [-0.15, -0.1) is 0 Å². The number of rotatable bonds is 5. The summed E-state index contributed by atoms with van der Waals surface area (Å²) in [6.07, 6.45) is 4.88. The maximum Gasteiger partial charge on any atom is 0.122 e. The van der Waals surface area contributed by atoms with Crippen molar-refractivity contribution in [1.82, 2.24) is 5.32 Å². The molecule has 0 saturated carbocycles. The average molecular weight is 233 g/mol. The molecule has 0 radical (unpaired) electrons. The first kappa shape index (κ1) is 12.4. The van der Waals surface area contributed by atoms with Crippen LogP contribution in [0, 0.1) is 5.92 Å². The van der Waals surface area contributed by atoms with Gasteiger partial charge in [0.25, 0.3) is 0 Å². The summed E-state index contributed by atoms with van der Waals surface area (Å²) < 4.78 is 5.90. The lowest BCUT2D eigenvalue weighted by molar-refractivity contribution is 0.252. The van der Waals surface area contributed by atoms with Gasteiger partial charge in [-0.2, -0.15) is 0 Å². The molecule has 0 bridgehead atoms. The van der Waals surface area contributed by atoms with Gasteiger partial charge in [0, 0.05) is 0 Å². The average Bonchev–Trinajstić information content (AvgIpc) is 2.40. The summed E-state index contributed by atoms with van der Waals surface area (Å²) in [5.74, 6) is 1.87. The van der Waals surface area contributed by atoms with Gasteiger partial charge in [0.05, 0.1) is 6.61 Å². The summed E-state index contributed by atoms with van der Waals surface area (Å²) in [7, 11) is 0. The van der Waals surface area contributed by atoms with Crippen LogP contribution in [0.5, 0.6) is 5.75 Å². The van der Waals surface area contributed by atoms with Gasteiger partial charge >= 0.3 is 0 Å². The fourth-order valence-corrected chi connectivity index (χ4v) is 2.44. The van der Waals surface area contributed by atoms with E-state index in [1.165, 1.54) is 37.9 Å². The van der Waals surface area contributed by atoms with Gasteiger partial charge < -0.3 is 10.1 Å². The van der Waals surface area contributed by atoms with Crippen molar-refractivity contribution >= 4 is 0 Å². The topological polar surface area (TPSA) is 21.3 Å². The van der Waals surface area contributed by atoms with Gasteiger partial charge in [-0.1, -0.05) is 25.1 Å². The molecule has 1 N–H and O–H groups in total. The molecule has 0 aromatic heterocycles. The zero-order chi connectivity index (χ0) is 11.9. The molecule has 1 saturated heterocycles. The number of nitrogens with one attached hydrogen (secondary N) is 1. The van der Waals surface area contributed by atoms with Gasteiger partial charge in [-0.3, -0.25) is 0 Å². The van der Waals surface area contributed by atoms with Gasteiger partial charge in [-0.25, -0.2) is 0 Å². The molecular formula is C15H23NO. The summed E-state index contributed by atoms with van der Waals surface area (Å²) in [5.41, 5.74) is 1.31. The lowest BCUT2D eigenvalue weighted by Gasteiger charge is -2.22. The number of hydrogen-bond donors (Lipinski definition) is 1. The summed E-state index contributed by atoms with van der Waals surface area (Å²) >= 11 is 0. The van der Waals surface area contributed by atoms with Crippen LogP contribution in [-0.4, -0.2) is 19.7 Å². The molecule has 1 aromatic carbocycles. The zero-order valence-corrected chi connectivity index (χ0v) is 10.7. The summed E-state index contributed by atoms with van der Waals surface area (Å²) in [6, 6.07) is 8.36. The molecule has 1 aliphatic heterocycles. The Balaban J connectivity index is 1.77. The largest absolute Gasteiger partial charge is 0.493 e. The minimum absolute atomic E-state index is 0.803. The number of piperidine rings is 1. The Labute approximate surface area is 104 Å². The van der Waals surface area contributed by atoms with E-state index in [-0.39, 0.29) is 0 Å². The first-order chi connectivity index (χ1) is 8.40. The third-order valence-corrected chi connectivity index (χ3v) is 3.54. The quantitative estimate of drug-likeness (QED) is 0.844. The highest BCUT2D eigenvalue weighted by atomic mass is 16.5. The van der Waals surface area contributed by atoms with Gasteiger partial charge in [-0.05, 0) is 56.3 Å². The standard InChI is InChI=1S/C15H23NO/c1-2-14-7-3-4-8-15(14)17-11-9-13-6-5-10-16-12-13/h3-4,7-8,13,16H,2,5-6,9-12H2,1H3/t13-/m1/s1. The number of hydrogen-bond acceptors (Lipinski definition) is 2. The first-order valence-electron chi connectivity index (χ1n) is 6.81. The molecule has 1 aromatic rings. The number of para-hydroxylation sites is 1. The maximum atomic E-state index is 5.90. The minimum Gasteiger partial charge on any atom is -0.493 e. The summed E-state index contributed by atoms with van der Waals surface area (Å²) in [6.45, 7) is 5.38. The molecule has 1 heterocycles. The first-order valence-corrected chi connectivity index (χ1v) is 6.81. The van der Waals surface area contributed by atoms with Crippen molar-refractivity contribution in [2.45, 2.75) is 32.6 Å². The molecule has 94 valence electrons. The SMILES string of the molecule is CCc1ccccc1OCC[C@H]1CCCNC1. The van der Waals surface area contributed by atoms with Crippen molar-refractivity contribution in [2.75, 3.05) is 19.7 Å². The molecule has 2 nitrogen and oxygen atoms in total. The summed E-state index contributed by atoms with van der Waals surface area (Å²) in [4.78, 5) is 0. The van der Waals surface area contributed by atoms with E-state index in [1.54, 1.807) is 0 Å². The van der Waals surface area contributed by atoms with Crippen LogP contribution in [0.25, 0.3) is 0 Å². The molecule has 2 rings (SSSR count). The summed E-state index contributed by atoms with van der Waals surface area (Å²) in [5, 5.41) is 3.45. The third kappa shape index (κ3) is 3.74. The molecule has 1 atom stereocenters.